The van der Waals surface area contributed by atoms with Gasteiger partial charge in [-0.25, -0.2) is 4.98 Å². The van der Waals surface area contributed by atoms with E-state index in [4.69, 9.17) is 0 Å². The van der Waals surface area contributed by atoms with Gasteiger partial charge in [0.25, 0.3) is 11.8 Å². The smallest absolute Gasteiger partial charge is 0.265 e. The number of rotatable bonds is 6. The summed E-state index contributed by atoms with van der Waals surface area (Å²) in [7, 11) is 0. The summed E-state index contributed by atoms with van der Waals surface area (Å²) in [4.78, 5) is 30.1. The van der Waals surface area contributed by atoms with Gasteiger partial charge >= 0.3 is 0 Å². The summed E-state index contributed by atoms with van der Waals surface area (Å²) in [6.07, 6.45) is 0.667. The van der Waals surface area contributed by atoms with E-state index in [9.17, 15) is 9.59 Å². The number of aromatic nitrogens is 1. The molecular formula is C22H19N3O2S2. The second-order valence-corrected chi connectivity index (χ2v) is 8.73. The van der Waals surface area contributed by atoms with Gasteiger partial charge in [0.15, 0.2) is 0 Å². The van der Waals surface area contributed by atoms with Crippen LogP contribution in [0.1, 0.15) is 32.0 Å². The zero-order chi connectivity index (χ0) is 20.2. The lowest BCUT2D eigenvalue weighted by Gasteiger charge is -2.13. The van der Waals surface area contributed by atoms with Crippen LogP contribution in [0.3, 0.4) is 0 Å². The number of fused-ring (bicyclic) bond motifs is 1. The van der Waals surface area contributed by atoms with Crippen molar-refractivity contribution >= 4 is 50.4 Å². The van der Waals surface area contributed by atoms with Gasteiger partial charge in [0.2, 0.25) is 0 Å². The third-order valence-electron chi connectivity index (χ3n) is 4.32. The number of anilines is 1. The van der Waals surface area contributed by atoms with E-state index >= 15 is 0 Å². The van der Waals surface area contributed by atoms with Crippen LogP contribution in [-0.4, -0.2) is 22.8 Å². The van der Waals surface area contributed by atoms with E-state index in [0.717, 1.165) is 15.2 Å². The SMILES string of the molecule is C[C@@H](Cc1nc2ccccc2s1)NC(=O)c1cccc(NC(=O)c2cccs2)c1. The van der Waals surface area contributed by atoms with Crippen LogP contribution in [-0.2, 0) is 6.42 Å². The normalized spacial score (nSPS) is 11.9. The van der Waals surface area contributed by atoms with Gasteiger partial charge in [-0.2, -0.15) is 0 Å². The van der Waals surface area contributed by atoms with Crippen LogP contribution in [0.5, 0.6) is 0 Å². The number of carbonyl (C=O) groups is 2. The lowest BCUT2D eigenvalue weighted by atomic mass is 10.1. The molecule has 2 N–H and O–H groups in total. The maximum absolute atomic E-state index is 12.6. The highest BCUT2D eigenvalue weighted by atomic mass is 32.1. The predicted octanol–water partition coefficient (Wildman–Crippen LogP) is 4.97. The fourth-order valence-corrected chi connectivity index (χ4v) is 4.68. The van der Waals surface area contributed by atoms with E-state index in [1.807, 2.05) is 36.6 Å². The highest BCUT2D eigenvalue weighted by molar-refractivity contribution is 7.18. The number of hydrogen-bond acceptors (Lipinski definition) is 5. The van der Waals surface area contributed by atoms with Crippen molar-refractivity contribution in [3.63, 3.8) is 0 Å². The molecule has 5 nitrogen and oxygen atoms in total. The lowest BCUT2D eigenvalue weighted by molar-refractivity contribution is 0.0939. The van der Waals surface area contributed by atoms with Crippen LogP contribution in [0.2, 0.25) is 0 Å². The van der Waals surface area contributed by atoms with E-state index in [-0.39, 0.29) is 17.9 Å². The molecule has 0 fully saturated rings. The average molecular weight is 422 g/mol. The fourth-order valence-electron chi connectivity index (χ4n) is 2.97. The minimum atomic E-state index is -0.179. The monoisotopic (exact) mass is 421 g/mol. The average Bonchev–Trinajstić information content (AvgIpc) is 3.37. The molecule has 2 amide bonds. The Bertz CT molecular complexity index is 1120. The molecule has 0 aliphatic rings. The number of hydrogen-bond donors (Lipinski definition) is 2. The molecule has 0 saturated heterocycles. The molecule has 0 unspecified atom stereocenters. The molecule has 0 bridgehead atoms. The number of thiazole rings is 1. The summed E-state index contributed by atoms with van der Waals surface area (Å²) >= 11 is 3.02. The molecule has 4 aromatic rings. The molecule has 0 spiro atoms. The zero-order valence-electron chi connectivity index (χ0n) is 15.7. The lowest BCUT2D eigenvalue weighted by Crippen LogP contribution is -2.34. The number of amides is 2. The van der Waals surface area contributed by atoms with Crippen molar-refractivity contribution < 1.29 is 9.59 Å². The van der Waals surface area contributed by atoms with Crippen molar-refractivity contribution in [1.82, 2.24) is 10.3 Å². The van der Waals surface area contributed by atoms with Crippen molar-refractivity contribution in [1.29, 1.82) is 0 Å². The second-order valence-electron chi connectivity index (χ2n) is 6.67. The first-order valence-electron chi connectivity index (χ1n) is 9.19. The minimum Gasteiger partial charge on any atom is -0.349 e. The van der Waals surface area contributed by atoms with Crippen molar-refractivity contribution in [3.05, 3.63) is 81.5 Å². The van der Waals surface area contributed by atoms with E-state index in [1.54, 1.807) is 41.7 Å². The van der Waals surface area contributed by atoms with E-state index in [2.05, 4.69) is 21.7 Å². The number of nitrogens with zero attached hydrogens (tertiary/aromatic N) is 1. The topological polar surface area (TPSA) is 71.1 Å². The Balaban J connectivity index is 1.39. The largest absolute Gasteiger partial charge is 0.349 e. The van der Waals surface area contributed by atoms with Crippen molar-refractivity contribution in [3.8, 4) is 0 Å². The Kier molecular flexibility index (Phi) is 5.69. The third-order valence-corrected chi connectivity index (χ3v) is 6.25. The molecule has 4 rings (SSSR count). The minimum absolute atomic E-state index is 0.0626. The standard InChI is InChI=1S/C22H19N3O2S2/c1-14(12-20-25-17-8-2-3-9-18(17)29-20)23-21(26)15-6-4-7-16(13-15)24-22(27)19-10-5-11-28-19/h2-11,13-14H,12H2,1H3,(H,23,26)(H,24,27)/t14-/m0/s1. The molecule has 0 aliphatic heterocycles. The highest BCUT2D eigenvalue weighted by Gasteiger charge is 2.14. The molecule has 1 atom stereocenters. The summed E-state index contributed by atoms with van der Waals surface area (Å²) in [6, 6.07) is 18.5. The first-order chi connectivity index (χ1) is 14.1. The second kappa shape index (κ2) is 8.55. The van der Waals surface area contributed by atoms with Crippen LogP contribution in [0.4, 0.5) is 5.69 Å². The van der Waals surface area contributed by atoms with Gasteiger partial charge in [-0.3, -0.25) is 9.59 Å². The molecule has 7 heteroatoms. The molecule has 0 aliphatic carbocycles. The van der Waals surface area contributed by atoms with Gasteiger partial charge in [0.1, 0.15) is 0 Å². The summed E-state index contributed by atoms with van der Waals surface area (Å²) in [6.45, 7) is 1.96. The highest BCUT2D eigenvalue weighted by Crippen LogP contribution is 2.22. The maximum Gasteiger partial charge on any atom is 0.265 e. The first-order valence-corrected chi connectivity index (χ1v) is 10.9. The van der Waals surface area contributed by atoms with Gasteiger partial charge in [-0.1, -0.05) is 24.3 Å². The molecule has 29 heavy (non-hydrogen) atoms. The molecule has 2 heterocycles. The molecule has 146 valence electrons. The predicted molar refractivity (Wildman–Crippen MR) is 119 cm³/mol. The van der Waals surface area contributed by atoms with Crippen LogP contribution < -0.4 is 10.6 Å². The summed E-state index contributed by atoms with van der Waals surface area (Å²) in [5.74, 6) is -0.354. The van der Waals surface area contributed by atoms with Crippen molar-refractivity contribution in [2.45, 2.75) is 19.4 Å². The number of para-hydroxylation sites is 1. The number of benzene rings is 2. The molecular weight excluding hydrogens is 402 g/mol. The molecule has 0 radical (unpaired) electrons. The number of carbonyl (C=O) groups excluding carboxylic acids is 2. The fraction of sp³-hybridized carbons (Fsp3) is 0.136. The van der Waals surface area contributed by atoms with E-state index in [0.29, 0.717) is 22.5 Å². The van der Waals surface area contributed by atoms with Gasteiger partial charge < -0.3 is 10.6 Å². The Morgan fingerprint density at radius 3 is 2.69 bits per heavy atom. The van der Waals surface area contributed by atoms with Gasteiger partial charge in [-0.15, -0.1) is 22.7 Å². The van der Waals surface area contributed by atoms with Gasteiger partial charge in [0.05, 0.1) is 20.1 Å². The summed E-state index contributed by atoms with van der Waals surface area (Å²) in [5, 5.41) is 8.69. The Morgan fingerprint density at radius 2 is 1.90 bits per heavy atom. The van der Waals surface area contributed by atoms with Crippen molar-refractivity contribution in [2.75, 3.05) is 5.32 Å². The summed E-state index contributed by atoms with van der Waals surface area (Å²) < 4.78 is 1.15. The molecule has 0 saturated carbocycles. The van der Waals surface area contributed by atoms with Crippen LogP contribution in [0, 0.1) is 0 Å². The van der Waals surface area contributed by atoms with E-state index in [1.165, 1.54) is 11.3 Å². The number of thiophene rings is 1. The zero-order valence-corrected chi connectivity index (χ0v) is 17.3. The third kappa shape index (κ3) is 4.70. The quantitative estimate of drug-likeness (QED) is 0.462. The number of nitrogens with one attached hydrogen (secondary N) is 2. The van der Waals surface area contributed by atoms with Crippen molar-refractivity contribution in [2.24, 2.45) is 0 Å². The van der Waals surface area contributed by atoms with Crippen LogP contribution in [0.25, 0.3) is 10.2 Å². The van der Waals surface area contributed by atoms with Crippen LogP contribution >= 0.6 is 22.7 Å². The van der Waals surface area contributed by atoms with Crippen LogP contribution in [0.15, 0.2) is 66.0 Å². The summed E-state index contributed by atoms with van der Waals surface area (Å²) in [5.41, 5.74) is 2.08. The van der Waals surface area contributed by atoms with Gasteiger partial charge in [0, 0.05) is 23.7 Å². The molecule has 2 aromatic heterocycles. The van der Waals surface area contributed by atoms with E-state index < -0.39 is 0 Å². The van der Waals surface area contributed by atoms with Gasteiger partial charge in [-0.05, 0) is 48.7 Å². The maximum atomic E-state index is 12.6. The Morgan fingerprint density at radius 1 is 1.03 bits per heavy atom. The first kappa shape index (κ1) is 19.3. The Hall–Kier alpha value is -3.03. The molecule has 2 aromatic carbocycles. The Labute approximate surface area is 176 Å².